The number of sulfone groups is 1. The molecule has 22 heavy (non-hydrogen) atoms. The fourth-order valence-electron chi connectivity index (χ4n) is 1.84. The summed E-state index contributed by atoms with van der Waals surface area (Å²) in [6, 6.07) is 11.1. The van der Waals surface area contributed by atoms with Crippen molar-refractivity contribution in [1.82, 2.24) is 0 Å². The minimum atomic E-state index is -3.36. The van der Waals surface area contributed by atoms with Crippen LogP contribution in [0.15, 0.2) is 51.8 Å². The maximum Gasteiger partial charge on any atom is 0.255 e. The molecular formula is C15H14BrNO4S. The van der Waals surface area contributed by atoms with Gasteiger partial charge in [-0.05, 0) is 36.4 Å². The predicted molar refractivity (Wildman–Crippen MR) is 88.2 cm³/mol. The number of ether oxygens (including phenoxy) is 1. The van der Waals surface area contributed by atoms with Gasteiger partial charge in [0.1, 0.15) is 5.75 Å². The summed E-state index contributed by atoms with van der Waals surface area (Å²) in [4.78, 5) is 12.4. The van der Waals surface area contributed by atoms with Crippen LogP contribution in [0.2, 0.25) is 0 Å². The molecule has 0 atom stereocenters. The molecule has 1 amide bonds. The van der Waals surface area contributed by atoms with Crippen LogP contribution in [0.3, 0.4) is 0 Å². The Morgan fingerprint density at radius 3 is 2.55 bits per heavy atom. The number of benzene rings is 2. The first-order valence-electron chi connectivity index (χ1n) is 6.26. The predicted octanol–water partition coefficient (Wildman–Crippen LogP) is 3.11. The topological polar surface area (TPSA) is 72.5 Å². The molecule has 116 valence electrons. The first-order chi connectivity index (χ1) is 10.3. The molecule has 5 nitrogen and oxygen atoms in total. The summed E-state index contributed by atoms with van der Waals surface area (Å²) >= 11 is 3.32. The molecule has 0 aliphatic rings. The monoisotopic (exact) mass is 383 g/mol. The molecule has 2 aromatic rings. The lowest BCUT2D eigenvalue weighted by molar-refractivity contribution is 0.102. The Morgan fingerprint density at radius 2 is 1.91 bits per heavy atom. The molecule has 2 aromatic carbocycles. The van der Waals surface area contributed by atoms with Gasteiger partial charge in [0.05, 0.1) is 17.7 Å². The quantitative estimate of drug-likeness (QED) is 0.879. The number of methoxy groups -OCH3 is 1. The summed E-state index contributed by atoms with van der Waals surface area (Å²) < 4.78 is 29.1. The van der Waals surface area contributed by atoms with Gasteiger partial charge in [-0.2, -0.15) is 0 Å². The van der Waals surface area contributed by atoms with E-state index in [-0.39, 0.29) is 10.5 Å². The summed E-state index contributed by atoms with van der Waals surface area (Å²) in [7, 11) is -1.86. The number of amides is 1. The molecule has 0 saturated heterocycles. The third-order valence-electron chi connectivity index (χ3n) is 2.93. The van der Waals surface area contributed by atoms with Crippen LogP contribution in [-0.4, -0.2) is 27.7 Å². The molecular weight excluding hydrogens is 370 g/mol. The van der Waals surface area contributed by atoms with E-state index < -0.39 is 15.7 Å². The molecule has 2 rings (SSSR count). The third kappa shape index (κ3) is 3.86. The van der Waals surface area contributed by atoms with Gasteiger partial charge in [0, 0.05) is 16.3 Å². The summed E-state index contributed by atoms with van der Waals surface area (Å²) in [5.74, 6) is 0.0951. The van der Waals surface area contributed by atoms with Crippen molar-refractivity contribution in [3.8, 4) is 5.75 Å². The molecule has 0 fully saturated rings. The van der Waals surface area contributed by atoms with Crippen molar-refractivity contribution < 1.29 is 17.9 Å². The highest BCUT2D eigenvalue weighted by Crippen LogP contribution is 2.28. The number of halogens is 1. The molecule has 0 aliphatic carbocycles. The standard InChI is InChI=1S/C15H14BrNO4S/c1-21-14-7-6-11(16)9-13(14)17-15(18)10-4-3-5-12(8-10)22(2,19)20/h3-9H,1-2H3,(H,17,18). The van der Waals surface area contributed by atoms with Crippen molar-refractivity contribution in [2.24, 2.45) is 0 Å². The zero-order chi connectivity index (χ0) is 16.3. The maximum absolute atomic E-state index is 12.3. The van der Waals surface area contributed by atoms with Gasteiger partial charge in [-0.15, -0.1) is 0 Å². The van der Waals surface area contributed by atoms with E-state index in [2.05, 4.69) is 21.2 Å². The van der Waals surface area contributed by atoms with Gasteiger partial charge >= 0.3 is 0 Å². The van der Waals surface area contributed by atoms with Crippen LogP contribution >= 0.6 is 15.9 Å². The highest BCUT2D eigenvalue weighted by atomic mass is 79.9. The number of carbonyl (C=O) groups is 1. The second-order valence-corrected chi connectivity index (χ2v) is 7.53. The second-order valence-electron chi connectivity index (χ2n) is 4.60. The van der Waals surface area contributed by atoms with Gasteiger partial charge in [-0.1, -0.05) is 22.0 Å². The molecule has 1 N–H and O–H groups in total. The molecule has 0 spiro atoms. The van der Waals surface area contributed by atoms with Crippen molar-refractivity contribution in [3.05, 3.63) is 52.5 Å². The van der Waals surface area contributed by atoms with Crippen LogP contribution in [0.5, 0.6) is 5.75 Å². The number of hydrogen-bond donors (Lipinski definition) is 1. The Balaban J connectivity index is 2.32. The van der Waals surface area contributed by atoms with Gasteiger partial charge in [0.15, 0.2) is 9.84 Å². The molecule has 0 aromatic heterocycles. The highest BCUT2D eigenvalue weighted by molar-refractivity contribution is 9.10. The molecule has 0 radical (unpaired) electrons. The van der Waals surface area contributed by atoms with E-state index in [1.54, 1.807) is 24.3 Å². The summed E-state index contributed by atoms with van der Waals surface area (Å²) in [5.41, 5.74) is 0.747. The van der Waals surface area contributed by atoms with Crippen LogP contribution in [0, 0.1) is 0 Å². The molecule has 7 heteroatoms. The molecule has 0 unspecified atom stereocenters. The van der Waals surface area contributed by atoms with E-state index in [4.69, 9.17) is 4.74 Å². The number of hydrogen-bond acceptors (Lipinski definition) is 4. The minimum absolute atomic E-state index is 0.0985. The van der Waals surface area contributed by atoms with Gasteiger partial charge in [0.25, 0.3) is 5.91 Å². The van der Waals surface area contributed by atoms with Crippen molar-refractivity contribution in [3.63, 3.8) is 0 Å². The Kier molecular flexibility index (Phi) is 4.87. The Hall–Kier alpha value is -1.86. The first kappa shape index (κ1) is 16.5. The Labute approximate surface area is 137 Å². The van der Waals surface area contributed by atoms with Crippen LogP contribution < -0.4 is 10.1 Å². The zero-order valence-corrected chi connectivity index (χ0v) is 14.4. The van der Waals surface area contributed by atoms with Crippen LogP contribution in [0.4, 0.5) is 5.69 Å². The highest BCUT2D eigenvalue weighted by Gasteiger charge is 2.13. The Morgan fingerprint density at radius 1 is 1.18 bits per heavy atom. The van der Waals surface area contributed by atoms with Gasteiger partial charge in [-0.3, -0.25) is 4.79 Å². The lowest BCUT2D eigenvalue weighted by Crippen LogP contribution is -2.13. The van der Waals surface area contributed by atoms with Gasteiger partial charge in [-0.25, -0.2) is 8.42 Å². The smallest absolute Gasteiger partial charge is 0.255 e. The van der Waals surface area contributed by atoms with E-state index in [1.165, 1.54) is 25.3 Å². The lowest BCUT2D eigenvalue weighted by Gasteiger charge is -2.11. The summed E-state index contributed by atoms with van der Waals surface area (Å²) in [6.07, 6.45) is 1.10. The van der Waals surface area contributed by atoms with E-state index in [0.29, 0.717) is 11.4 Å². The van der Waals surface area contributed by atoms with Crippen molar-refractivity contribution >= 4 is 37.4 Å². The van der Waals surface area contributed by atoms with Crippen molar-refractivity contribution in [1.29, 1.82) is 0 Å². The average Bonchev–Trinajstić information content (AvgIpc) is 2.47. The largest absolute Gasteiger partial charge is 0.495 e. The van der Waals surface area contributed by atoms with E-state index in [9.17, 15) is 13.2 Å². The van der Waals surface area contributed by atoms with Gasteiger partial charge < -0.3 is 10.1 Å². The minimum Gasteiger partial charge on any atom is -0.495 e. The van der Waals surface area contributed by atoms with Crippen molar-refractivity contribution in [2.75, 3.05) is 18.7 Å². The summed E-state index contributed by atoms with van der Waals surface area (Å²) in [6.45, 7) is 0. The number of rotatable bonds is 4. The normalized spacial score (nSPS) is 11.0. The molecule has 0 bridgehead atoms. The van der Waals surface area contributed by atoms with E-state index >= 15 is 0 Å². The fraction of sp³-hybridized carbons (Fsp3) is 0.133. The zero-order valence-electron chi connectivity index (χ0n) is 12.0. The van der Waals surface area contributed by atoms with Crippen LogP contribution in [0.1, 0.15) is 10.4 Å². The van der Waals surface area contributed by atoms with Crippen LogP contribution in [0.25, 0.3) is 0 Å². The number of nitrogens with one attached hydrogen (secondary N) is 1. The number of anilines is 1. The second kappa shape index (κ2) is 6.50. The van der Waals surface area contributed by atoms with E-state index in [1.807, 2.05) is 0 Å². The third-order valence-corrected chi connectivity index (χ3v) is 4.54. The lowest BCUT2D eigenvalue weighted by atomic mass is 10.2. The first-order valence-corrected chi connectivity index (χ1v) is 8.94. The molecule has 0 aliphatic heterocycles. The van der Waals surface area contributed by atoms with Gasteiger partial charge in [0.2, 0.25) is 0 Å². The van der Waals surface area contributed by atoms with Crippen molar-refractivity contribution in [2.45, 2.75) is 4.90 Å². The average molecular weight is 384 g/mol. The number of carbonyl (C=O) groups excluding carboxylic acids is 1. The Bertz CT molecular complexity index is 818. The molecule has 0 heterocycles. The molecule has 0 saturated carbocycles. The summed E-state index contributed by atoms with van der Waals surface area (Å²) in [5, 5.41) is 2.71. The maximum atomic E-state index is 12.3. The fourth-order valence-corrected chi connectivity index (χ4v) is 2.87. The van der Waals surface area contributed by atoms with Crippen LogP contribution in [-0.2, 0) is 9.84 Å². The van der Waals surface area contributed by atoms with E-state index in [0.717, 1.165) is 10.7 Å². The SMILES string of the molecule is COc1ccc(Br)cc1NC(=O)c1cccc(S(C)(=O)=O)c1.